The van der Waals surface area contributed by atoms with Crippen LogP contribution in [-0.2, 0) is 6.42 Å². The SMILES string of the molecule is CCc1cc(C)cnc1C(C)C. The molecule has 1 nitrogen and oxygen atoms in total. The molecule has 12 heavy (non-hydrogen) atoms. The summed E-state index contributed by atoms with van der Waals surface area (Å²) in [5.41, 5.74) is 3.91. The van der Waals surface area contributed by atoms with Gasteiger partial charge in [0, 0.05) is 11.9 Å². The number of nitrogens with zero attached hydrogens (tertiary/aromatic N) is 1. The van der Waals surface area contributed by atoms with Gasteiger partial charge < -0.3 is 0 Å². The molecule has 0 aliphatic heterocycles. The lowest BCUT2D eigenvalue weighted by Gasteiger charge is -2.10. The Hall–Kier alpha value is -0.850. The number of hydrogen-bond donors (Lipinski definition) is 0. The van der Waals surface area contributed by atoms with E-state index in [0.29, 0.717) is 5.92 Å². The van der Waals surface area contributed by atoms with E-state index >= 15 is 0 Å². The smallest absolute Gasteiger partial charge is 0.0461 e. The van der Waals surface area contributed by atoms with Crippen molar-refractivity contribution in [1.82, 2.24) is 4.98 Å². The van der Waals surface area contributed by atoms with Gasteiger partial charge in [-0.3, -0.25) is 4.98 Å². The average molecular weight is 163 g/mol. The van der Waals surface area contributed by atoms with E-state index in [1.807, 2.05) is 6.20 Å². The zero-order chi connectivity index (χ0) is 9.14. The van der Waals surface area contributed by atoms with Crippen LogP contribution in [-0.4, -0.2) is 4.98 Å². The van der Waals surface area contributed by atoms with E-state index in [9.17, 15) is 0 Å². The van der Waals surface area contributed by atoms with Crippen molar-refractivity contribution in [2.24, 2.45) is 0 Å². The first kappa shape index (κ1) is 9.24. The van der Waals surface area contributed by atoms with Gasteiger partial charge in [-0.15, -0.1) is 0 Å². The number of aryl methyl sites for hydroxylation is 2. The predicted octanol–water partition coefficient (Wildman–Crippen LogP) is 3.08. The third kappa shape index (κ3) is 1.84. The van der Waals surface area contributed by atoms with Crippen LogP contribution in [0.5, 0.6) is 0 Å². The zero-order valence-electron chi connectivity index (χ0n) is 8.39. The van der Waals surface area contributed by atoms with E-state index < -0.39 is 0 Å². The summed E-state index contributed by atoms with van der Waals surface area (Å²) in [6.45, 7) is 8.66. The first-order chi connectivity index (χ1) is 5.65. The predicted molar refractivity (Wildman–Crippen MR) is 52.4 cm³/mol. The second kappa shape index (κ2) is 3.70. The third-order valence-electron chi connectivity index (χ3n) is 2.07. The van der Waals surface area contributed by atoms with Crippen LogP contribution < -0.4 is 0 Å². The molecule has 0 aromatic carbocycles. The Morgan fingerprint density at radius 2 is 2.08 bits per heavy atom. The fourth-order valence-corrected chi connectivity index (χ4v) is 1.44. The largest absolute Gasteiger partial charge is 0.260 e. The number of rotatable bonds is 2. The molecule has 0 bridgehead atoms. The molecule has 0 saturated carbocycles. The molecule has 0 amide bonds. The normalized spacial score (nSPS) is 10.8. The Balaban J connectivity index is 3.11. The van der Waals surface area contributed by atoms with Crippen LogP contribution in [0.1, 0.15) is 43.5 Å². The topological polar surface area (TPSA) is 12.9 Å². The second-order valence-corrected chi connectivity index (χ2v) is 3.57. The Morgan fingerprint density at radius 3 is 2.58 bits per heavy atom. The van der Waals surface area contributed by atoms with Crippen LogP contribution in [0.15, 0.2) is 12.3 Å². The van der Waals surface area contributed by atoms with Gasteiger partial charge >= 0.3 is 0 Å². The van der Waals surface area contributed by atoms with Gasteiger partial charge in [0.1, 0.15) is 0 Å². The monoisotopic (exact) mass is 163 g/mol. The van der Waals surface area contributed by atoms with Gasteiger partial charge in [-0.25, -0.2) is 0 Å². The third-order valence-corrected chi connectivity index (χ3v) is 2.07. The zero-order valence-corrected chi connectivity index (χ0v) is 8.39. The van der Waals surface area contributed by atoms with Crippen LogP contribution >= 0.6 is 0 Å². The Morgan fingerprint density at radius 1 is 1.42 bits per heavy atom. The van der Waals surface area contributed by atoms with Crippen LogP contribution in [0.3, 0.4) is 0 Å². The van der Waals surface area contributed by atoms with Gasteiger partial charge in [-0.1, -0.05) is 26.8 Å². The van der Waals surface area contributed by atoms with Crippen molar-refractivity contribution in [1.29, 1.82) is 0 Å². The van der Waals surface area contributed by atoms with E-state index in [-0.39, 0.29) is 0 Å². The molecule has 0 N–H and O–H groups in total. The molecule has 1 heterocycles. The maximum absolute atomic E-state index is 4.45. The fourth-order valence-electron chi connectivity index (χ4n) is 1.44. The molecule has 0 spiro atoms. The van der Waals surface area contributed by atoms with Crippen LogP contribution in [0.25, 0.3) is 0 Å². The molecular weight excluding hydrogens is 146 g/mol. The summed E-state index contributed by atoms with van der Waals surface area (Å²) in [6.07, 6.45) is 3.04. The lowest BCUT2D eigenvalue weighted by Crippen LogP contribution is -1.99. The van der Waals surface area contributed by atoms with Crippen molar-refractivity contribution < 1.29 is 0 Å². The van der Waals surface area contributed by atoms with E-state index in [0.717, 1.165) is 6.42 Å². The first-order valence-corrected chi connectivity index (χ1v) is 4.60. The van der Waals surface area contributed by atoms with Gasteiger partial charge in [0.05, 0.1) is 0 Å². The number of pyridine rings is 1. The van der Waals surface area contributed by atoms with Crippen molar-refractivity contribution >= 4 is 0 Å². The van der Waals surface area contributed by atoms with Gasteiger partial charge in [0.2, 0.25) is 0 Å². The highest BCUT2D eigenvalue weighted by Gasteiger charge is 2.05. The van der Waals surface area contributed by atoms with Crippen LogP contribution in [0, 0.1) is 6.92 Å². The van der Waals surface area contributed by atoms with Crippen molar-refractivity contribution in [3.05, 3.63) is 29.1 Å². The second-order valence-electron chi connectivity index (χ2n) is 3.57. The van der Waals surface area contributed by atoms with Gasteiger partial charge in [-0.05, 0) is 30.4 Å². The summed E-state index contributed by atoms with van der Waals surface area (Å²) >= 11 is 0. The summed E-state index contributed by atoms with van der Waals surface area (Å²) in [6, 6.07) is 2.24. The summed E-state index contributed by atoms with van der Waals surface area (Å²) < 4.78 is 0. The standard InChI is InChI=1S/C11H17N/c1-5-10-6-9(4)7-12-11(10)8(2)3/h6-8H,5H2,1-4H3. The van der Waals surface area contributed by atoms with Crippen LogP contribution in [0.4, 0.5) is 0 Å². The average Bonchev–Trinajstić information content (AvgIpc) is 2.03. The van der Waals surface area contributed by atoms with E-state index in [1.165, 1.54) is 16.8 Å². The maximum Gasteiger partial charge on any atom is 0.0461 e. The molecule has 1 rings (SSSR count). The molecule has 0 aliphatic rings. The molecule has 0 saturated heterocycles. The fraction of sp³-hybridized carbons (Fsp3) is 0.545. The highest BCUT2D eigenvalue weighted by atomic mass is 14.7. The van der Waals surface area contributed by atoms with Crippen molar-refractivity contribution in [2.75, 3.05) is 0 Å². The highest BCUT2D eigenvalue weighted by Crippen LogP contribution is 2.17. The minimum atomic E-state index is 0.542. The van der Waals surface area contributed by atoms with E-state index in [4.69, 9.17) is 0 Å². The molecule has 0 atom stereocenters. The lowest BCUT2D eigenvalue weighted by molar-refractivity contribution is 0.797. The van der Waals surface area contributed by atoms with E-state index in [2.05, 4.69) is 38.7 Å². The molecular formula is C11H17N. The molecule has 66 valence electrons. The summed E-state index contributed by atoms with van der Waals surface area (Å²) in [7, 11) is 0. The Kier molecular flexibility index (Phi) is 2.85. The highest BCUT2D eigenvalue weighted by molar-refractivity contribution is 5.26. The molecule has 0 radical (unpaired) electrons. The molecule has 1 heteroatoms. The van der Waals surface area contributed by atoms with Crippen molar-refractivity contribution in [2.45, 2.75) is 40.0 Å². The van der Waals surface area contributed by atoms with Crippen molar-refractivity contribution in [3.63, 3.8) is 0 Å². The van der Waals surface area contributed by atoms with Gasteiger partial charge in [-0.2, -0.15) is 0 Å². The Labute approximate surface area is 74.8 Å². The minimum absolute atomic E-state index is 0.542. The lowest BCUT2D eigenvalue weighted by atomic mass is 10.0. The molecule has 1 aromatic heterocycles. The maximum atomic E-state index is 4.45. The summed E-state index contributed by atoms with van der Waals surface area (Å²) in [5.74, 6) is 0.542. The minimum Gasteiger partial charge on any atom is -0.260 e. The molecule has 1 aromatic rings. The number of hydrogen-bond acceptors (Lipinski definition) is 1. The number of aromatic nitrogens is 1. The summed E-state index contributed by atoms with van der Waals surface area (Å²) in [5, 5.41) is 0. The van der Waals surface area contributed by atoms with Gasteiger partial charge in [0.15, 0.2) is 0 Å². The molecule has 0 fully saturated rings. The quantitative estimate of drug-likeness (QED) is 0.653. The van der Waals surface area contributed by atoms with E-state index in [1.54, 1.807) is 0 Å². The molecule has 0 unspecified atom stereocenters. The van der Waals surface area contributed by atoms with Crippen LogP contribution in [0.2, 0.25) is 0 Å². The molecule has 0 aliphatic carbocycles. The Bertz CT molecular complexity index is 264. The van der Waals surface area contributed by atoms with Gasteiger partial charge in [0.25, 0.3) is 0 Å². The summed E-state index contributed by atoms with van der Waals surface area (Å²) in [4.78, 5) is 4.45. The van der Waals surface area contributed by atoms with Crippen molar-refractivity contribution in [3.8, 4) is 0 Å². The first-order valence-electron chi connectivity index (χ1n) is 4.60.